The smallest absolute Gasteiger partial charge is 0.104 e. The Kier molecular flexibility index (Phi) is 6.56. The Morgan fingerprint density at radius 2 is 2.20 bits per heavy atom. The second-order valence-electron chi connectivity index (χ2n) is 2.62. The quantitative estimate of drug-likeness (QED) is 0.395. The lowest BCUT2D eigenvalue weighted by molar-refractivity contribution is 0.308. The van der Waals surface area contributed by atoms with Crippen LogP contribution in [0.3, 0.4) is 0 Å². The number of alkyl halides is 1. The van der Waals surface area contributed by atoms with Crippen LogP contribution in [0, 0.1) is 0 Å². The van der Waals surface area contributed by atoms with Crippen molar-refractivity contribution in [1.82, 2.24) is 0 Å². The third-order valence-corrected chi connectivity index (χ3v) is 1.54. The molecule has 0 saturated heterocycles. The molecule has 1 atom stereocenters. The van der Waals surface area contributed by atoms with Gasteiger partial charge >= 0.3 is 0 Å². The van der Waals surface area contributed by atoms with Gasteiger partial charge in [0.2, 0.25) is 0 Å². The third-order valence-electron chi connectivity index (χ3n) is 1.54. The molecule has 0 amide bonds. The Balaban J connectivity index is 3.04. The van der Waals surface area contributed by atoms with E-state index in [1.165, 1.54) is 6.42 Å². The van der Waals surface area contributed by atoms with Crippen LogP contribution >= 0.6 is 0 Å². The summed E-state index contributed by atoms with van der Waals surface area (Å²) in [5, 5.41) is 0. The first-order chi connectivity index (χ1) is 4.81. The van der Waals surface area contributed by atoms with E-state index in [0.29, 0.717) is 12.8 Å². The standard InChI is InChI=1S/C9H17F/c1-3-5-6-8-9(10)7-4-2/h4,9H,2-3,5-8H2,1H3. The van der Waals surface area contributed by atoms with Crippen LogP contribution < -0.4 is 0 Å². The maximum absolute atomic E-state index is 12.7. The predicted molar refractivity (Wildman–Crippen MR) is 43.9 cm³/mol. The molecule has 0 fully saturated rings. The van der Waals surface area contributed by atoms with Gasteiger partial charge in [0.1, 0.15) is 6.17 Å². The average Bonchev–Trinajstić information content (AvgIpc) is 1.89. The maximum Gasteiger partial charge on any atom is 0.104 e. The van der Waals surface area contributed by atoms with Crippen LogP contribution in [-0.2, 0) is 0 Å². The second-order valence-corrected chi connectivity index (χ2v) is 2.62. The normalized spacial score (nSPS) is 13.0. The first-order valence-corrected chi connectivity index (χ1v) is 4.06. The molecule has 0 aliphatic rings. The highest BCUT2D eigenvalue weighted by molar-refractivity contribution is 4.72. The monoisotopic (exact) mass is 144 g/mol. The fourth-order valence-electron chi connectivity index (χ4n) is 0.915. The van der Waals surface area contributed by atoms with Crippen LogP contribution in [0.1, 0.15) is 39.0 Å². The van der Waals surface area contributed by atoms with E-state index in [1.54, 1.807) is 6.08 Å². The van der Waals surface area contributed by atoms with Gasteiger partial charge in [-0.15, -0.1) is 6.58 Å². The van der Waals surface area contributed by atoms with Gasteiger partial charge in [0.05, 0.1) is 0 Å². The number of allylic oxidation sites excluding steroid dienone is 1. The molecule has 0 bridgehead atoms. The lowest BCUT2D eigenvalue weighted by atomic mass is 10.1. The van der Waals surface area contributed by atoms with Crippen LogP contribution in [0.25, 0.3) is 0 Å². The summed E-state index contributed by atoms with van der Waals surface area (Å²) < 4.78 is 12.7. The van der Waals surface area contributed by atoms with Crippen molar-refractivity contribution < 1.29 is 4.39 Å². The minimum atomic E-state index is -0.649. The Bertz CT molecular complexity index is 78.8. The zero-order valence-corrected chi connectivity index (χ0v) is 6.78. The summed E-state index contributed by atoms with van der Waals surface area (Å²) in [6.45, 7) is 5.61. The molecule has 0 aromatic heterocycles. The van der Waals surface area contributed by atoms with E-state index in [-0.39, 0.29) is 0 Å². The van der Waals surface area contributed by atoms with Crippen molar-refractivity contribution in [1.29, 1.82) is 0 Å². The number of unbranched alkanes of at least 4 members (excludes halogenated alkanes) is 2. The highest BCUT2D eigenvalue weighted by atomic mass is 19.1. The highest BCUT2D eigenvalue weighted by Crippen LogP contribution is 2.09. The fraction of sp³-hybridized carbons (Fsp3) is 0.778. The van der Waals surface area contributed by atoms with Crippen molar-refractivity contribution in [2.75, 3.05) is 0 Å². The minimum absolute atomic E-state index is 0.518. The van der Waals surface area contributed by atoms with E-state index in [0.717, 1.165) is 12.8 Å². The first-order valence-electron chi connectivity index (χ1n) is 4.06. The molecule has 0 rings (SSSR count). The van der Waals surface area contributed by atoms with Gasteiger partial charge in [0, 0.05) is 0 Å². The Morgan fingerprint density at radius 1 is 1.50 bits per heavy atom. The molecule has 0 saturated carbocycles. The molecule has 60 valence electrons. The summed E-state index contributed by atoms with van der Waals surface area (Å²) in [7, 11) is 0. The Hall–Kier alpha value is -0.330. The van der Waals surface area contributed by atoms with Crippen LogP contribution in [-0.4, -0.2) is 6.17 Å². The second kappa shape index (κ2) is 6.79. The Morgan fingerprint density at radius 3 is 2.70 bits per heavy atom. The lowest BCUT2D eigenvalue weighted by Gasteiger charge is -2.02. The van der Waals surface area contributed by atoms with E-state index in [9.17, 15) is 4.39 Å². The third kappa shape index (κ3) is 5.80. The van der Waals surface area contributed by atoms with Crippen molar-refractivity contribution in [3.8, 4) is 0 Å². The van der Waals surface area contributed by atoms with Gasteiger partial charge in [-0.05, 0) is 12.8 Å². The summed E-state index contributed by atoms with van der Waals surface area (Å²) in [6, 6.07) is 0. The fourth-order valence-corrected chi connectivity index (χ4v) is 0.915. The van der Waals surface area contributed by atoms with Gasteiger partial charge in [-0.1, -0.05) is 32.3 Å². The summed E-state index contributed by atoms with van der Waals surface area (Å²) in [5.41, 5.74) is 0. The molecule has 0 nitrogen and oxygen atoms in total. The van der Waals surface area contributed by atoms with E-state index < -0.39 is 6.17 Å². The van der Waals surface area contributed by atoms with Gasteiger partial charge < -0.3 is 0 Å². The van der Waals surface area contributed by atoms with E-state index in [1.807, 2.05) is 0 Å². The van der Waals surface area contributed by atoms with Crippen molar-refractivity contribution in [3.05, 3.63) is 12.7 Å². The summed E-state index contributed by atoms with van der Waals surface area (Å²) in [4.78, 5) is 0. The molecular formula is C9H17F. The van der Waals surface area contributed by atoms with Gasteiger partial charge in [0.25, 0.3) is 0 Å². The molecule has 0 aliphatic heterocycles. The van der Waals surface area contributed by atoms with Crippen molar-refractivity contribution >= 4 is 0 Å². The van der Waals surface area contributed by atoms with Crippen LogP contribution in [0.5, 0.6) is 0 Å². The van der Waals surface area contributed by atoms with E-state index >= 15 is 0 Å². The lowest BCUT2D eigenvalue weighted by Crippen LogP contribution is -1.96. The topological polar surface area (TPSA) is 0 Å². The highest BCUT2D eigenvalue weighted by Gasteiger charge is 2.01. The maximum atomic E-state index is 12.7. The Labute approximate surface area is 63.1 Å². The molecule has 0 spiro atoms. The molecular weight excluding hydrogens is 127 g/mol. The van der Waals surface area contributed by atoms with Crippen LogP contribution in [0.4, 0.5) is 4.39 Å². The zero-order valence-electron chi connectivity index (χ0n) is 6.78. The molecule has 0 N–H and O–H groups in total. The molecule has 1 unspecified atom stereocenters. The molecule has 0 aromatic carbocycles. The van der Waals surface area contributed by atoms with Crippen molar-refractivity contribution in [3.63, 3.8) is 0 Å². The average molecular weight is 144 g/mol. The summed E-state index contributed by atoms with van der Waals surface area (Å²) in [6.07, 6.45) is 5.56. The summed E-state index contributed by atoms with van der Waals surface area (Å²) >= 11 is 0. The SMILES string of the molecule is C=CCC(F)CCCCC. The molecule has 0 aromatic rings. The summed E-state index contributed by atoms with van der Waals surface area (Å²) in [5.74, 6) is 0. The number of hydrogen-bond acceptors (Lipinski definition) is 0. The van der Waals surface area contributed by atoms with Crippen molar-refractivity contribution in [2.24, 2.45) is 0 Å². The van der Waals surface area contributed by atoms with Gasteiger partial charge in [-0.2, -0.15) is 0 Å². The van der Waals surface area contributed by atoms with Gasteiger partial charge in [-0.25, -0.2) is 4.39 Å². The number of rotatable bonds is 6. The number of halogens is 1. The predicted octanol–water partition coefficient (Wildman–Crippen LogP) is 3.48. The zero-order chi connectivity index (χ0) is 7.82. The van der Waals surface area contributed by atoms with E-state index in [2.05, 4.69) is 13.5 Å². The molecule has 0 heterocycles. The number of hydrogen-bond donors (Lipinski definition) is 0. The van der Waals surface area contributed by atoms with Crippen LogP contribution in [0.2, 0.25) is 0 Å². The largest absolute Gasteiger partial charge is 0.247 e. The van der Waals surface area contributed by atoms with Gasteiger partial charge in [0.15, 0.2) is 0 Å². The molecule has 0 aliphatic carbocycles. The molecule has 1 heteroatoms. The first kappa shape index (κ1) is 9.67. The van der Waals surface area contributed by atoms with Crippen LogP contribution in [0.15, 0.2) is 12.7 Å². The molecule has 10 heavy (non-hydrogen) atoms. The van der Waals surface area contributed by atoms with Crippen molar-refractivity contribution in [2.45, 2.75) is 45.2 Å². The van der Waals surface area contributed by atoms with Gasteiger partial charge in [-0.3, -0.25) is 0 Å². The molecule has 0 radical (unpaired) electrons. The minimum Gasteiger partial charge on any atom is -0.247 e. The van der Waals surface area contributed by atoms with E-state index in [4.69, 9.17) is 0 Å².